The summed E-state index contributed by atoms with van der Waals surface area (Å²) in [7, 11) is 1.43. The van der Waals surface area contributed by atoms with Crippen LogP contribution in [0.3, 0.4) is 0 Å². The molecule has 2 unspecified atom stereocenters. The minimum absolute atomic E-state index is 0.0598. The van der Waals surface area contributed by atoms with Gasteiger partial charge in [0.2, 0.25) is 0 Å². The van der Waals surface area contributed by atoms with Crippen LogP contribution >= 0.6 is 0 Å². The van der Waals surface area contributed by atoms with Crippen LogP contribution in [0.25, 0.3) is 0 Å². The fourth-order valence-electron chi connectivity index (χ4n) is 4.41. The van der Waals surface area contributed by atoms with Crippen molar-refractivity contribution in [2.24, 2.45) is 5.92 Å². The predicted molar refractivity (Wildman–Crippen MR) is 86.8 cm³/mol. The van der Waals surface area contributed by atoms with Gasteiger partial charge in [0.25, 0.3) is 5.56 Å². The number of hydrogen-bond acceptors (Lipinski definition) is 5. The number of esters is 1. The first-order chi connectivity index (χ1) is 11.2. The van der Waals surface area contributed by atoms with E-state index in [9.17, 15) is 9.59 Å². The van der Waals surface area contributed by atoms with Crippen molar-refractivity contribution in [3.05, 3.63) is 28.2 Å². The van der Waals surface area contributed by atoms with Gasteiger partial charge in [-0.15, -0.1) is 0 Å². The molecule has 0 radical (unpaired) electrons. The third kappa shape index (κ3) is 2.45. The van der Waals surface area contributed by atoms with Crippen LogP contribution in [-0.4, -0.2) is 43.3 Å². The van der Waals surface area contributed by atoms with Crippen LogP contribution in [0.2, 0.25) is 0 Å². The largest absolute Gasteiger partial charge is 0.467 e. The van der Waals surface area contributed by atoms with E-state index in [0.29, 0.717) is 11.8 Å². The number of methoxy groups -OCH3 is 1. The first-order valence-electron chi connectivity index (χ1n) is 8.47. The molecule has 6 heteroatoms. The Balaban J connectivity index is 1.72. The summed E-state index contributed by atoms with van der Waals surface area (Å²) in [6.45, 7) is 3.53. The van der Waals surface area contributed by atoms with Crippen molar-refractivity contribution in [2.75, 3.05) is 31.6 Å². The van der Waals surface area contributed by atoms with Crippen molar-refractivity contribution in [1.82, 2.24) is 9.88 Å². The summed E-state index contributed by atoms with van der Waals surface area (Å²) in [5.74, 6) is 0.744. The Morgan fingerprint density at radius 1 is 1.35 bits per heavy atom. The maximum Gasteiger partial charge on any atom is 0.328 e. The molecule has 2 saturated heterocycles. The van der Waals surface area contributed by atoms with Crippen molar-refractivity contribution in [3.8, 4) is 0 Å². The highest BCUT2D eigenvalue weighted by atomic mass is 16.5. The highest BCUT2D eigenvalue weighted by molar-refractivity contribution is 5.80. The van der Waals surface area contributed by atoms with Gasteiger partial charge in [-0.2, -0.15) is 0 Å². The van der Waals surface area contributed by atoms with Crippen molar-refractivity contribution >= 4 is 11.7 Å². The zero-order chi connectivity index (χ0) is 16.0. The van der Waals surface area contributed by atoms with Gasteiger partial charge in [-0.05, 0) is 37.8 Å². The molecule has 1 aromatic heterocycles. The number of hydrogen-bond donors (Lipinski definition) is 1. The number of fused-ring (bicyclic) bond motifs is 4. The van der Waals surface area contributed by atoms with E-state index in [0.717, 1.165) is 56.8 Å². The summed E-state index contributed by atoms with van der Waals surface area (Å²) >= 11 is 0. The average Bonchev–Trinajstić information content (AvgIpc) is 3.05. The maximum atomic E-state index is 12.6. The van der Waals surface area contributed by atoms with E-state index in [4.69, 9.17) is 4.74 Å². The van der Waals surface area contributed by atoms with E-state index in [1.807, 2.05) is 9.47 Å². The lowest BCUT2D eigenvalue weighted by Crippen LogP contribution is -2.45. The third-order valence-electron chi connectivity index (χ3n) is 5.50. The molecule has 3 atom stereocenters. The summed E-state index contributed by atoms with van der Waals surface area (Å²) in [4.78, 5) is 26.6. The molecule has 3 aliphatic rings. The second kappa shape index (κ2) is 5.67. The molecule has 1 aromatic rings. The van der Waals surface area contributed by atoms with Crippen LogP contribution in [0.5, 0.6) is 0 Å². The molecule has 0 amide bonds. The van der Waals surface area contributed by atoms with E-state index in [1.165, 1.54) is 7.11 Å². The van der Waals surface area contributed by atoms with Gasteiger partial charge in [-0.1, -0.05) is 0 Å². The molecule has 4 heterocycles. The van der Waals surface area contributed by atoms with Gasteiger partial charge >= 0.3 is 5.97 Å². The van der Waals surface area contributed by atoms with Crippen molar-refractivity contribution in [2.45, 2.75) is 37.8 Å². The molecule has 124 valence electrons. The molecule has 0 aromatic carbocycles. The summed E-state index contributed by atoms with van der Waals surface area (Å²) in [6, 6.07) is 3.55. The summed E-state index contributed by atoms with van der Waals surface area (Å²) in [5, 5.41) is 3.47. The van der Waals surface area contributed by atoms with Crippen molar-refractivity contribution in [3.63, 3.8) is 0 Å². The van der Waals surface area contributed by atoms with Gasteiger partial charge < -0.3 is 19.5 Å². The van der Waals surface area contributed by atoms with Crippen LogP contribution in [0.1, 0.15) is 30.9 Å². The Morgan fingerprint density at radius 3 is 3.04 bits per heavy atom. The monoisotopic (exact) mass is 317 g/mol. The number of pyridine rings is 1. The van der Waals surface area contributed by atoms with E-state index in [2.05, 4.69) is 11.4 Å². The first kappa shape index (κ1) is 14.8. The number of anilines is 1. The predicted octanol–water partition coefficient (Wildman–Crippen LogP) is 0.697. The Morgan fingerprint density at radius 2 is 2.22 bits per heavy atom. The van der Waals surface area contributed by atoms with Gasteiger partial charge in [0.1, 0.15) is 6.04 Å². The van der Waals surface area contributed by atoms with Gasteiger partial charge in [0.15, 0.2) is 0 Å². The van der Waals surface area contributed by atoms with Crippen molar-refractivity contribution in [1.29, 1.82) is 0 Å². The lowest BCUT2D eigenvalue weighted by Gasteiger charge is -2.38. The molecule has 0 aliphatic carbocycles. The fourth-order valence-corrected chi connectivity index (χ4v) is 4.41. The number of nitrogens with one attached hydrogen (secondary N) is 1. The lowest BCUT2D eigenvalue weighted by molar-refractivity contribution is -0.141. The molecule has 1 N–H and O–H groups in total. The number of ether oxygens (including phenoxy) is 1. The molecule has 2 bridgehead atoms. The summed E-state index contributed by atoms with van der Waals surface area (Å²) in [5.41, 5.74) is 2.05. The van der Waals surface area contributed by atoms with E-state index >= 15 is 0 Å². The molecule has 3 aliphatic heterocycles. The zero-order valence-corrected chi connectivity index (χ0v) is 13.5. The molecule has 6 nitrogen and oxygen atoms in total. The molecular weight excluding hydrogens is 294 g/mol. The summed E-state index contributed by atoms with van der Waals surface area (Å²) < 4.78 is 6.86. The molecule has 4 rings (SSSR count). The minimum Gasteiger partial charge on any atom is -0.467 e. The van der Waals surface area contributed by atoms with Crippen LogP contribution in [-0.2, 0) is 16.1 Å². The SMILES string of the molecule is COC(=O)[C@@H]1CCCN1c1cc2n(c(=O)c1)CC1CNCC2C1. The molecule has 0 saturated carbocycles. The van der Waals surface area contributed by atoms with E-state index in [1.54, 1.807) is 6.07 Å². The lowest BCUT2D eigenvalue weighted by atomic mass is 9.84. The topological polar surface area (TPSA) is 63.6 Å². The summed E-state index contributed by atoms with van der Waals surface area (Å²) in [6.07, 6.45) is 2.89. The molecule has 2 fully saturated rings. The normalized spacial score (nSPS) is 29.3. The number of piperidine rings is 1. The second-order valence-corrected chi connectivity index (χ2v) is 6.92. The Bertz CT molecular complexity index is 684. The quantitative estimate of drug-likeness (QED) is 0.814. The van der Waals surface area contributed by atoms with Crippen LogP contribution in [0, 0.1) is 5.92 Å². The highest BCUT2D eigenvalue weighted by Gasteiger charge is 2.35. The number of aromatic nitrogens is 1. The van der Waals surface area contributed by atoms with E-state index < -0.39 is 0 Å². The van der Waals surface area contributed by atoms with Crippen molar-refractivity contribution < 1.29 is 9.53 Å². The van der Waals surface area contributed by atoms with Gasteiger partial charge in [0, 0.05) is 43.0 Å². The third-order valence-corrected chi connectivity index (χ3v) is 5.50. The van der Waals surface area contributed by atoms with E-state index in [-0.39, 0.29) is 17.6 Å². The highest BCUT2D eigenvalue weighted by Crippen LogP contribution is 2.34. The smallest absolute Gasteiger partial charge is 0.328 e. The average molecular weight is 317 g/mol. The van der Waals surface area contributed by atoms with Crippen LogP contribution in [0.4, 0.5) is 5.69 Å². The van der Waals surface area contributed by atoms with Gasteiger partial charge in [-0.3, -0.25) is 4.79 Å². The Kier molecular flexibility index (Phi) is 3.64. The number of nitrogens with zero attached hydrogens (tertiary/aromatic N) is 2. The number of carbonyl (C=O) groups excluding carboxylic acids is 1. The number of rotatable bonds is 2. The zero-order valence-electron chi connectivity index (χ0n) is 13.5. The van der Waals surface area contributed by atoms with Gasteiger partial charge in [0.05, 0.1) is 7.11 Å². The maximum absolute atomic E-state index is 12.6. The Hall–Kier alpha value is -1.82. The van der Waals surface area contributed by atoms with Gasteiger partial charge in [-0.25, -0.2) is 4.79 Å². The van der Waals surface area contributed by atoms with Crippen LogP contribution < -0.4 is 15.8 Å². The minimum atomic E-state index is -0.261. The van der Waals surface area contributed by atoms with Crippen LogP contribution in [0.15, 0.2) is 16.9 Å². The molecular formula is C17H23N3O3. The molecule has 0 spiro atoms. The fraction of sp³-hybridized carbons (Fsp3) is 0.647. The first-order valence-corrected chi connectivity index (χ1v) is 8.47. The Labute approximate surface area is 135 Å². The number of carbonyl (C=O) groups is 1. The molecule has 23 heavy (non-hydrogen) atoms. The standard InChI is InChI=1S/C17H23N3O3/c1-23-17(22)14-3-2-4-19(14)13-6-15-12-5-11(8-18-9-12)10-20(15)16(21)7-13/h6-7,11-12,14,18H,2-5,8-10H2,1H3/t11?,12?,14-/m0/s1. The second-order valence-electron chi connectivity index (χ2n) is 6.92.